The molecule has 4 nitrogen and oxygen atoms in total. The molecule has 2 N–H and O–H groups in total. The van der Waals surface area contributed by atoms with Crippen molar-refractivity contribution >= 4 is 5.91 Å². The topological polar surface area (TPSA) is 55.6 Å². The summed E-state index contributed by atoms with van der Waals surface area (Å²) in [5.41, 5.74) is 6.82. The summed E-state index contributed by atoms with van der Waals surface area (Å²) in [6.07, 6.45) is 3.58. The minimum absolute atomic E-state index is 0.112. The zero-order valence-corrected chi connectivity index (χ0v) is 12.3. The quantitative estimate of drug-likeness (QED) is 0.840. The van der Waals surface area contributed by atoms with Crippen LogP contribution in [0.4, 0.5) is 0 Å². The number of fused-ring (bicyclic) bond motifs is 2. The van der Waals surface area contributed by atoms with Crippen LogP contribution in [-0.2, 0) is 0 Å². The van der Waals surface area contributed by atoms with E-state index >= 15 is 0 Å². The van der Waals surface area contributed by atoms with E-state index in [1.54, 1.807) is 7.11 Å². The molecule has 1 amide bonds. The maximum atomic E-state index is 12.7. The number of amides is 1. The summed E-state index contributed by atoms with van der Waals surface area (Å²) in [6, 6.07) is 5.88. The largest absolute Gasteiger partial charge is 0.495 e. The summed E-state index contributed by atoms with van der Waals surface area (Å²) in [5, 5.41) is 0. The Balaban J connectivity index is 1.86. The first-order valence-corrected chi connectivity index (χ1v) is 7.41. The molecule has 0 radical (unpaired) electrons. The van der Waals surface area contributed by atoms with Crippen LogP contribution in [0, 0.1) is 17.8 Å². The van der Waals surface area contributed by atoms with Crippen molar-refractivity contribution < 1.29 is 9.53 Å². The highest BCUT2D eigenvalue weighted by atomic mass is 16.5. The van der Waals surface area contributed by atoms with Gasteiger partial charge in [-0.15, -0.1) is 0 Å². The van der Waals surface area contributed by atoms with Gasteiger partial charge in [-0.05, 0) is 43.4 Å². The van der Waals surface area contributed by atoms with Gasteiger partial charge in [-0.25, -0.2) is 0 Å². The van der Waals surface area contributed by atoms with Gasteiger partial charge in [-0.3, -0.25) is 4.79 Å². The van der Waals surface area contributed by atoms with Gasteiger partial charge >= 0.3 is 0 Å². The number of carbonyl (C=O) groups excluding carboxylic acids is 1. The molecule has 110 valence electrons. The van der Waals surface area contributed by atoms with Gasteiger partial charge in [0.05, 0.1) is 19.2 Å². The Kier molecular flexibility index (Phi) is 3.85. The van der Waals surface area contributed by atoms with Crippen molar-refractivity contribution in [2.24, 2.45) is 11.7 Å². The van der Waals surface area contributed by atoms with E-state index < -0.39 is 0 Å². The van der Waals surface area contributed by atoms with E-state index in [4.69, 9.17) is 10.5 Å². The Bertz CT molecular complexity index is 615. The monoisotopic (exact) mass is 284 g/mol. The molecule has 4 heteroatoms. The molecule has 1 aromatic rings. The van der Waals surface area contributed by atoms with Gasteiger partial charge in [-0.1, -0.05) is 11.8 Å². The van der Waals surface area contributed by atoms with Crippen molar-refractivity contribution in [1.82, 2.24) is 4.90 Å². The molecule has 2 bridgehead atoms. The van der Waals surface area contributed by atoms with Gasteiger partial charge in [0.15, 0.2) is 0 Å². The molecule has 21 heavy (non-hydrogen) atoms. The van der Waals surface area contributed by atoms with Crippen molar-refractivity contribution in [3.63, 3.8) is 0 Å². The molecule has 0 spiro atoms. The van der Waals surface area contributed by atoms with Gasteiger partial charge < -0.3 is 15.4 Å². The second-order valence-corrected chi connectivity index (χ2v) is 5.71. The van der Waals surface area contributed by atoms with Crippen LogP contribution < -0.4 is 10.5 Å². The number of ether oxygens (including phenoxy) is 1. The number of likely N-dealkylation sites (tertiary alicyclic amines) is 1. The first-order valence-electron chi connectivity index (χ1n) is 7.41. The third-order valence-electron chi connectivity index (χ3n) is 4.44. The number of nitrogens with two attached hydrogens (primary N) is 1. The molecule has 1 saturated carbocycles. The fourth-order valence-electron chi connectivity index (χ4n) is 3.42. The van der Waals surface area contributed by atoms with E-state index in [-0.39, 0.29) is 12.5 Å². The standard InChI is InChI=1S/C17H20N2O2/c1-21-16-7-5-14(10-13(16)3-2-8-18)17(20)19-11-12-4-6-15(19)9-12/h5,7,10,12,15H,4,6,8-9,11,18H2,1H3. The van der Waals surface area contributed by atoms with E-state index in [0.717, 1.165) is 18.5 Å². The SMILES string of the molecule is COc1ccc(C(=O)N2CC3CCC2C3)cc1C#CCN. The summed E-state index contributed by atoms with van der Waals surface area (Å²) in [7, 11) is 1.60. The number of rotatable bonds is 2. The maximum Gasteiger partial charge on any atom is 0.254 e. The van der Waals surface area contributed by atoms with Crippen molar-refractivity contribution in [1.29, 1.82) is 0 Å². The second-order valence-electron chi connectivity index (χ2n) is 5.71. The van der Waals surface area contributed by atoms with Crippen LogP contribution >= 0.6 is 0 Å². The Hall–Kier alpha value is -1.99. The smallest absolute Gasteiger partial charge is 0.254 e. The van der Waals surface area contributed by atoms with E-state index in [1.165, 1.54) is 12.8 Å². The molecule has 2 aliphatic rings. The molecule has 2 unspecified atom stereocenters. The normalized spacial score (nSPS) is 22.9. The Labute approximate surface area is 125 Å². The molecular weight excluding hydrogens is 264 g/mol. The highest BCUT2D eigenvalue weighted by Gasteiger charge is 2.40. The molecule has 2 atom stereocenters. The fourth-order valence-corrected chi connectivity index (χ4v) is 3.42. The van der Waals surface area contributed by atoms with Crippen molar-refractivity contribution in [2.75, 3.05) is 20.2 Å². The lowest BCUT2D eigenvalue weighted by atomic mass is 10.1. The van der Waals surface area contributed by atoms with Crippen molar-refractivity contribution in [2.45, 2.75) is 25.3 Å². The predicted molar refractivity (Wildman–Crippen MR) is 81.1 cm³/mol. The van der Waals surface area contributed by atoms with E-state index in [2.05, 4.69) is 11.8 Å². The zero-order chi connectivity index (χ0) is 14.8. The van der Waals surface area contributed by atoms with Gasteiger partial charge in [0.1, 0.15) is 5.75 Å². The van der Waals surface area contributed by atoms with E-state index in [1.807, 2.05) is 23.1 Å². The van der Waals surface area contributed by atoms with E-state index in [0.29, 0.717) is 23.3 Å². The minimum Gasteiger partial charge on any atom is -0.495 e. The summed E-state index contributed by atoms with van der Waals surface area (Å²) in [4.78, 5) is 14.7. The summed E-state index contributed by atoms with van der Waals surface area (Å²) in [5.74, 6) is 7.28. The number of benzene rings is 1. The van der Waals surface area contributed by atoms with Crippen LogP contribution in [0.3, 0.4) is 0 Å². The number of carbonyl (C=O) groups is 1. The molecule has 2 fully saturated rings. The van der Waals surface area contributed by atoms with Crippen LogP contribution in [0.5, 0.6) is 5.75 Å². The van der Waals surface area contributed by atoms with Crippen LogP contribution in [0.15, 0.2) is 18.2 Å². The number of hydrogen-bond acceptors (Lipinski definition) is 3. The van der Waals surface area contributed by atoms with Crippen LogP contribution in [0.25, 0.3) is 0 Å². The summed E-state index contributed by atoms with van der Waals surface area (Å²) >= 11 is 0. The molecule has 1 saturated heterocycles. The van der Waals surface area contributed by atoms with Gasteiger partial charge in [0.25, 0.3) is 5.91 Å². The summed E-state index contributed by atoms with van der Waals surface area (Å²) < 4.78 is 5.28. The Morgan fingerprint density at radius 2 is 2.33 bits per heavy atom. The highest BCUT2D eigenvalue weighted by Crippen LogP contribution is 2.38. The third kappa shape index (κ3) is 2.62. The van der Waals surface area contributed by atoms with Crippen molar-refractivity contribution in [3.8, 4) is 17.6 Å². The lowest BCUT2D eigenvalue weighted by Crippen LogP contribution is -2.37. The maximum absolute atomic E-state index is 12.7. The lowest BCUT2D eigenvalue weighted by molar-refractivity contribution is 0.0703. The average Bonchev–Trinajstić information content (AvgIpc) is 3.14. The van der Waals surface area contributed by atoms with Crippen LogP contribution in [0.1, 0.15) is 35.2 Å². The van der Waals surface area contributed by atoms with Gasteiger partial charge in [-0.2, -0.15) is 0 Å². The number of nitrogens with zero attached hydrogens (tertiary/aromatic N) is 1. The predicted octanol–water partition coefficient (Wildman–Crippen LogP) is 1.63. The highest BCUT2D eigenvalue weighted by molar-refractivity contribution is 5.95. The van der Waals surface area contributed by atoms with Crippen LogP contribution in [-0.4, -0.2) is 37.0 Å². The Morgan fingerprint density at radius 1 is 1.48 bits per heavy atom. The van der Waals surface area contributed by atoms with Gasteiger partial charge in [0.2, 0.25) is 0 Å². The number of hydrogen-bond donors (Lipinski definition) is 1. The van der Waals surface area contributed by atoms with Crippen molar-refractivity contribution in [3.05, 3.63) is 29.3 Å². The molecule has 1 heterocycles. The first kappa shape index (κ1) is 14.0. The fraction of sp³-hybridized carbons (Fsp3) is 0.471. The lowest BCUT2D eigenvalue weighted by Gasteiger charge is -2.27. The zero-order valence-electron chi connectivity index (χ0n) is 12.3. The average molecular weight is 284 g/mol. The molecular formula is C17H20N2O2. The molecule has 1 aliphatic carbocycles. The number of methoxy groups -OCH3 is 1. The number of piperidine rings is 1. The Morgan fingerprint density at radius 3 is 2.95 bits per heavy atom. The van der Waals surface area contributed by atoms with E-state index in [9.17, 15) is 4.79 Å². The van der Waals surface area contributed by atoms with Gasteiger partial charge in [0, 0.05) is 18.2 Å². The van der Waals surface area contributed by atoms with Crippen LogP contribution in [0.2, 0.25) is 0 Å². The molecule has 0 aromatic heterocycles. The third-order valence-corrected chi connectivity index (χ3v) is 4.44. The molecule has 1 aliphatic heterocycles. The second kappa shape index (κ2) is 5.79. The minimum atomic E-state index is 0.112. The molecule has 1 aromatic carbocycles. The first-order chi connectivity index (χ1) is 10.2. The molecule has 3 rings (SSSR count). The summed E-state index contributed by atoms with van der Waals surface area (Å²) in [6.45, 7) is 1.19.